The Balaban J connectivity index is 3.28. The van der Waals surface area contributed by atoms with Crippen LogP contribution in [0.2, 0.25) is 0 Å². The van der Waals surface area contributed by atoms with Gasteiger partial charge in [0.2, 0.25) is 0 Å². The lowest BCUT2D eigenvalue weighted by Gasteiger charge is -2.05. The van der Waals surface area contributed by atoms with Gasteiger partial charge < -0.3 is 0 Å². The first kappa shape index (κ1) is 10.1. The minimum Gasteiger partial charge on any atom is -0.245 e. The van der Waals surface area contributed by atoms with Gasteiger partial charge in [-0.05, 0) is 25.0 Å². The maximum Gasteiger partial charge on any atom is 0.114 e. The second kappa shape index (κ2) is 4.29. The predicted octanol–water partition coefficient (Wildman–Crippen LogP) is 2.71. The third-order valence-electron chi connectivity index (χ3n) is 1.88. The molecule has 0 aliphatic carbocycles. The standard InChI is InChI=1S/C10H11N2S/c1-4-9-7(2)5-8(6-11)10(12-9)13-3/h5H,3-4H2,1-2H3. The lowest BCUT2D eigenvalue weighted by atomic mass is 10.1. The van der Waals surface area contributed by atoms with Crippen molar-refractivity contribution >= 4 is 11.8 Å². The molecule has 0 aliphatic rings. The lowest BCUT2D eigenvalue weighted by molar-refractivity contribution is 0.943. The number of rotatable bonds is 2. The van der Waals surface area contributed by atoms with Crippen molar-refractivity contribution in [1.29, 1.82) is 5.26 Å². The van der Waals surface area contributed by atoms with E-state index in [2.05, 4.69) is 24.2 Å². The number of nitrogens with zero attached hydrogens (tertiary/aromatic N) is 2. The summed E-state index contributed by atoms with van der Waals surface area (Å²) in [6.45, 7) is 4.03. The molecule has 0 bridgehead atoms. The van der Waals surface area contributed by atoms with Gasteiger partial charge in [0.1, 0.15) is 11.1 Å². The average molecular weight is 191 g/mol. The van der Waals surface area contributed by atoms with Gasteiger partial charge >= 0.3 is 0 Å². The Bertz CT molecular complexity index is 353. The SMILES string of the molecule is [CH2]Sc1nc(CC)c(C)cc1C#N. The van der Waals surface area contributed by atoms with Crippen LogP contribution in [0.1, 0.15) is 23.7 Å². The second-order valence-electron chi connectivity index (χ2n) is 2.71. The molecule has 0 unspecified atom stereocenters. The first-order valence-corrected chi connectivity index (χ1v) is 5.04. The zero-order valence-corrected chi connectivity index (χ0v) is 8.61. The monoisotopic (exact) mass is 191 g/mol. The molecule has 3 heteroatoms. The molecular formula is C10H11N2S. The Morgan fingerprint density at radius 2 is 2.38 bits per heavy atom. The molecule has 0 aliphatic heterocycles. The Hall–Kier alpha value is -1.01. The molecule has 1 aromatic rings. The third-order valence-corrected chi connectivity index (χ3v) is 2.46. The molecule has 0 saturated carbocycles. The van der Waals surface area contributed by atoms with Gasteiger partial charge in [0.25, 0.3) is 0 Å². The minimum absolute atomic E-state index is 0.620. The van der Waals surface area contributed by atoms with Crippen LogP contribution in [0, 0.1) is 24.5 Å². The highest BCUT2D eigenvalue weighted by molar-refractivity contribution is 8.00. The largest absolute Gasteiger partial charge is 0.245 e. The van der Waals surface area contributed by atoms with E-state index in [1.165, 1.54) is 11.8 Å². The summed E-state index contributed by atoms with van der Waals surface area (Å²) < 4.78 is 0. The van der Waals surface area contributed by atoms with Crippen LogP contribution in [0.5, 0.6) is 0 Å². The average Bonchev–Trinajstić information content (AvgIpc) is 2.17. The van der Waals surface area contributed by atoms with Crippen LogP contribution in [0.25, 0.3) is 0 Å². The first-order chi connectivity index (χ1) is 6.22. The molecule has 0 saturated heterocycles. The van der Waals surface area contributed by atoms with Crippen LogP contribution in [-0.2, 0) is 6.42 Å². The van der Waals surface area contributed by atoms with Crippen molar-refractivity contribution in [2.24, 2.45) is 0 Å². The van der Waals surface area contributed by atoms with Crippen molar-refractivity contribution in [3.05, 3.63) is 29.1 Å². The molecule has 0 N–H and O–H groups in total. The fourth-order valence-corrected chi connectivity index (χ4v) is 1.62. The number of aromatic nitrogens is 1. The maximum absolute atomic E-state index is 8.81. The number of pyridine rings is 1. The fourth-order valence-electron chi connectivity index (χ4n) is 1.18. The maximum atomic E-state index is 8.81. The van der Waals surface area contributed by atoms with Gasteiger partial charge in [-0.25, -0.2) is 4.98 Å². The summed E-state index contributed by atoms with van der Waals surface area (Å²) in [5.41, 5.74) is 2.75. The molecule has 1 radical (unpaired) electrons. The summed E-state index contributed by atoms with van der Waals surface area (Å²) in [7, 11) is 0. The van der Waals surface area contributed by atoms with Crippen molar-refractivity contribution in [1.82, 2.24) is 4.98 Å². The van der Waals surface area contributed by atoms with Gasteiger partial charge in [0.15, 0.2) is 0 Å². The number of aryl methyl sites for hydroxylation is 2. The molecule has 2 nitrogen and oxygen atoms in total. The van der Waals surface area contributed by atoms with Crippen LogP contribution >= 0.6 is 11.8 Å². The molecule has 1 aromatic heterocycles. The summed E-state index contributed by atoms with van der Waals surface area (Å²) >= 11 is 1.27. The van der Waals surface area contributed by atoms with E-state index >= 15 is 0 Å². The van der Waals surface area contributed by atoms with Crippen molar-refractivity contribution < 1.29 is 0 Å². The molecule has 13 heavy (non-hydrogen) atoms. The summed E-state index contributed by atoms with van der Waals surface area (Å²) in [5, 5.41) is 9.53. The molecule has 0 aromatic carbocycles. The zero-order valence-electron chi connectivity index (χ0n) is 7.79. The molecule has 0 fully saturated rings. The molecule has 1 rings (SSSR count). The number of hydrogen-bond donors (Lipinski definition) is 0. The van der Waals surface area contributed by atoms with Crippen LogP contribution in [0.15, 0.2) is 11.1 Å². The van der Waals surface area contributed by atoms with E-state index in [-0.39, 0.29) is 0 Å². The smallest absolute Gasteiger partial charge is 0.114 e. The van der Waals surface area contributed by atoms with Crippen LogP contribution < -0.4 is 0 Å². The van der Waals surface area contributed by atoms with E-state index in [0.29, 0.717) is 5.56 Å². The van der Waals surface area contributed by atoms with Crippen LogP contribution in [-0.4, -0.2) is 4.98 Å². The second-order valence-corrected chi connectivity index (χ2v) is 3.39. The molecule has 67 valence electrons. The first-order valence-electron chi connectivity index (χ1n) is 4.05. The summed E-state index contributed by atoms with van der Waals surface area (Å²) in [5.74, 6) is 0. The number of nitriles is 1. The van der Waals surface area contributed by atoms with Crippen LogP contribution in [0.3, 0.4) is 0 Å². The highest BCUT2D eigenvalue weighted by atomic mass is 32.2. The highest BCUT2D eigenvalue weighted by Crippen LogP contribution is 2.21. The van der Waals surface area contributed by atoms with Crippen LogP contribution in [0.4, 0.5) is 0 Å². The number of hydrogen-bond acceptors (Lipinski definition) is 3. The molecule has 1 heterocycles. The predicted molar refractivity (Wildman–Crippen MR) is 54.3 cm³/mol. The van der Waals surface area contributed by atoms with Gasteiger partial charge in [-0.2, -0.15) is 5.26 Å². The third kappa shape index (κ3) is 2.02. The number of thioether (sulfide) groups is 1. The van der Waals surface area contributed by atoms with Gasteiger partial charge in [-0.15, -0.1) is 11.8 Å². The Morgan fingerprint density at radius 3 is 2.85 bits per heavy atom. The Kier molecular flexibility index (Phi) is 3.32. The van der Waals surface area contributed by atoms with E-state index in [1.807, 2.05) is 13.0 Å². The van der Waals surface area contributed by atoms with E-state index in [4.69, 9.17) is 5.26 Å². The van der Waals surface area contributed by atoms with Gasteiger partial charge in [0, 0.05) is 11.9 Å². The zero-order chi connectivity index (χ0) is 9.84. The topological polar surface area (TPSA) is 36.7 Å². The lowest BCUT2D eigenvalue weighted by Crippen LogP contribution is -1.96. The fraction of sp³-hybridized carbons (Fsp3) is 0.300. The van der Waals surface area contributed by atoms with Crippen molar-refractivity contribution in [2.75, 3.05) is 0 Å². The minimum atomic E-state index is 0.620. The molecular weight excluding hydrogens is 180 g/mol. The normalized spacial score (nSPS) is 9.69. The Morgan fingerprint density at radius 1 is 1.69 bits per heavy atom. The van der Waals surface area contributed by atoms with Gasteiger partial charge in [-0.1, -0.05) is 6.92 Å². The molecule has 0 atom stereocenters. The molecule has 0 spiro atoms. The summed E-state index contributed by atoms with van der Waals surface area (Å²) in [4.78, 5) is 4.36. The molecule has 0 amide bonds. The van der Waals surface area contributed by atoms with Gasteiger partial charge in [-0.3, -0.25) is 0 Å². The van der Waals surface area contributed by atoms with E-state index in [9.17, 15) is 0 Å². The summed E-state index contributed by atoms with van der Waals surface area (Å²) in [6, 6.07) is 3.99. The van der Waals surface area contributed by atoms with Crippen molar-refractivity contribution in [2.45, 2.75) is 25.3 Å². The van der Waals surface area contributed by atoms with E-state index < -0.39 is 0 Å². The van der Waals surface area contributed by atoms with Crippen molar-refractivity contribution in [3.63, 3.8) is 0 Å². The van der Waals surface area contributed by atoms with Crippen molar-refractivity contribution in [3.8, 4) is 6.07 Å². The van der Waals surface area contributed by atoms with Gasteiger partial charge in [0.05, 0.1) is 5.56 Å². The highest BCUT2D eigenvalue weighted by Gasteiger charge is 2.06. The Labute approximate surface area is 83.0 Å². The van der Waals surface area contributed by atoms with E-state index in [1.54, 1.807) is 0 Å². The summed E-state index contributed by atoms with van der Waals surface area (Å²) in [6.07, 6.45) is 4.57. The van der Waals surface area contributed by atoms with E-state index in [0.717, 1.165) is 22.7 Å². The quantitative estimate of drug-likeness (QED) is 0.674.